The van der Waals surface area contributed by atoms with Crippen molar-refractivity contribution in [3.8, 4) is 0 Å². The Balaban J connectivity index is 0.00000420. The Morgan fingerprint density at radius 2 is 2.10 bits per heavy atom. The first-order valence-corrected chi connectivity index (χ1v) is 10.3. The van der Waals surface area contributed by atoms with Gasteiger partial charge in [0, 0.05) is 44.3 Å². The van der Waals surface area contributed by atoms with E-state index in [1.165, 1.54) is 0 Å². The summed E-state index contributed by atoms with van der Waals surface area (Å²) in [5, 5.41) is 9.58. The largest absolute Gasteiger partial charge is 0.378 e. The lowest BCUT2D eigenvalue weighted by Gasteiger charge is -2.52. The smallest absolute Gasteiger partial charge is 0.251 e. The summed E-state index contributed by atoms with van der Waals surface area (Å²) in [5.74, 6) is 0.753. The summed E-state index contributed by atoms with van der Waals surface area (Å²) >= 11 is 0. The molecular weight excluding hydrogens is 479 g/mol. The molecule has 164 valence electrons. The Labute approximate surface area is 192 Å². The third-order valence-corrected chi connectivity index (χ3v) is 5.65. The molecular formula is C22H37IN4O2. The van der Waals surface area contributed by atoms with Crippen LogP contribution in [-0.2, 0) is 11.2 Å². The number of aliphatic imine (C=N–C) groups is 1. The van der Waals surface area contributed by atoms with Crippen molar-refractivity contribution in [2.45, 2.75) is 58.6 Å². The Hall–Kier alpha value is -1.35. The molecule has 1 saturated carbocycles. The van der Waals surface area contributed by atoms with Crippen LogP contribution >= 0.6 is 24.0 Å². The monoisotopic (exact) mass is 516 g/mol. The molecule has 1 aliphatic rings. The van der Waals surface area contributed by atoms with E-state index in [2.05, 4.69) is 41.7 Å². The molecule has 7 heteroatoms. The summed E-state index contributed by atoms with van der Waals surface area (Å²) in [5.41, 5.74) is 1.90. The summed E-state index contributed by atoms with van der Waals surface area (Å²) < 4.78 is 6.02. The number of amides is 1. The number of nitrogens with zero attached hydrogens (tertiary/aromatic N) is 1. The molecule has 0 heterocycles. The maximum atomic E-state index is 11.8. The van der Waals surface area contributed by atoms with Gasteiger partial charge in [0.15, 0.2) is 5.96 Å². The highest BCUT2D eigenvalue weighted by atomic mass is 127. The highest BCUT2D eigenvalue weighted by Gasteiger charge is 2.49. The minimum Gasteiger partial charge on any atom is -0.378 e. The van der Waals surface area contributed by atoms with E-state index in [4.69, 9.17) is 4.74 Å². The fourth-order valence-corrected chi connectivity index (χ4v) is 3.48. The fraction of sp³-hybridized carbons (Fsp3) is 0.636. The van der Waals surface area contributed by atoms with Crippen LogP contribution in [0.1, 0.15) is 56.0 Å². The van der Waals surface area contributed by atoms with Gasteiger partial charge in [-0.1, -0.05) is 39.3 Å². The Bertz CT molecular complexity index is 679. The summed E-state index contributed by atoms with van der Waals surface area (Å²) in [4.78, 5) is 16.1. The summed E-state index contributed by atoms with van der Waals surface area (Å²) in [6, 6.07) is 8.07. The van der Waals surface area contributed by atoms with Crippen LogP contribution < -0.4 is 16.0 Å². The van der Waals surface area contributed by atoms with Crippen LogP contribution in [0.5, 0.6) is 0 Å². The number of rotatable bonds is 9. The maximum absolute atomic E-state index is 11.8. The van der Waals surface area contributed by atoms with Crippen LogP contribution in [0.2, 0.25) is 0 Å². The number of guanidine groups is 1. The van der Waals surface area contributed by atoms with Gasteiger partial charge >= 0.3 is 0 Å². The number of halogens is 1. The van der Waals surface area contributed by atoms with Crippen LogP contribution in [0.15, 0.2) is 29.3 Å². The molecule has 0 radical (unpaired) electrons. The van der Waals surface area contributed by atoms with Crippen LogP contribution in [0.3, 0.4) is 0 Å². The van der Waals surface area contributed by atoms with Gasteiger partial charge in [0.2, 0.25) is 0 Å². The topological polar surface area (TPSA) is 74.8 Å². The lowest BCUT2D eigenvalue weighted by molar-refractivity contribution is -0.113. The average molecular weight is 516 g/mol. The molecule has 0 aromatic heterocycles. The molecule has 0 aliphatic heterocycles. The Morgan fingerprint density at radius 3 is 2.72 bits per heavy atom. The molecule has 3 N–H and O–H groups in total. The van der Waals surface area contributed by atoms with Crippen LogP contribution in [0, 0.1) is 5.41 Å². The van der Waals surface area contributed by atoms with Crippen molar-refractivity contribution < 1.29 is 9.53 Å². The second-order valence-corrected chi connectivity index (χ2v) is 8.00. The van der Waals surface area contributed by atoms with Crippen LogP contribution in [0.4, 0.5) is 0 Å². The number of hydrogen-bond acceptors (Lipinski definition) is 3. The summed E-state index contributed by atoms with van der Waals surface area (Å²) in [6.07, 6.45) is 4.42. The SMILES string of the molecule is CCCCOC1CC(NC(=NC)NCCc2cccc(C(=O)NC)c2)C1(C)C.I. The van der Waals surface area contributed by atoms with Gasteiger partial charge in [-0.2, -0.15) is 0 Å². The number of carbonyl (C=O) groups is 1. The van der Waals surface area contributed by atoms with Crippen molar-refractivity contribution in [3.05, 3.63) is 35.4 Å². The molecule has 0 saturated heterocycles. The third-order valence-electron chi connectivity index (χ3n) is 5.65. The van der Waals surface area contributed by atoms with Gasteiger partial charge in [-0.05, 0) is 37.0 Å². The first kappa shape index (κ1) is 25.7. The van der Waals surface area contributed by atoms with Crippen molar-refractivity contribution in [3.63, 3.8) is 0 Å². The highest BCUT2D eigenvalue weighted by molar-refractivity contribution is 14.0. The van der Waals surface area contributed by atoms with Gasteiger partial charge in [-0.15, -0.1) is 24.0 Å². The number of carbonyl (C=O) groups excluding carboxylic acids is 1. The number of nitrogens with one attached hydrogen (secondary N) is 3. The van der Waals surface area contributed by atoms with Gasteiger partial charge in [0.05, 0.1) is 6.10 Å². The van der Waals surface area contributed by atoms with E-state index < -0.39 is 0 Å². The summed E-state index contributed by atoms with van der Waals surface area (Å²) in [6.45, 7) is 8.29. The first-order chi connectivity index (χ1) is 13.4. The second-order valence-electron chi connectivity index (χ2n) is 8.00. The maximum Gasteiger partial charge on any atom is 0.251 e. The van der Waals surface area contributed by atoms with E-state index in [0.29, 0.717) is 17.7 Å². The zero-order valence-electron chi connectivity index (χ0n) is 18.4. The second kappa shape index (κ2) is 12.4. The molecule has 2 rings (SSSR count). The van der Waals surface area contributed by atoms with Crippen molar-refractivity contribution in [1.82, 2.24) is 16.0 Å². The molecule has 6 nitrogen and oxygen atoms in total. The van der Waals surface area contributed by atoms with Crippen molar-refractivity contribution in [1.29, 1.82) is 0 Å². The lowest BCUT2D eigenvalue weighted by atomic mass is 9.64. The van der Waals surface area contributed by atoms with Gasteiger partial charge in [-0.3, -0.25) is 9.79 Å². The van der Waals surface area contributed by atoms with Crippen LogP contribution in [0.25, 0.3) is 0 Å². The van der Waals surface area contributed by atoms with Crippen LogP contribution in [-0.4, -0.2) is 51.3 Å². The molecule has 1 amide bonds. The normalized spacial score (nSPS) is 20.2. The third kappa shape index (κ3) is 7.13. The van der Waals surface area contributed by atoms with E-state index >= 15 is 0 Å². The first-order valence-electron chi connectivity index (χ1n) is 10.3. The van der Waals surface area contributed by atoms with Gasteiger partial charge < -0.3 is 20.7 Å². The Morgan fingerprint density at radius 1 is 1.34 bits per heavy atom. The van der Waals surface area contributed by atoms with E-state index in [0.717, 1.165) is 50.4 Å². The standard InChI is InChI=1S/C22H36N4O2.HI/c1-6-7-13-28-19-15-18(22(19,2)3)26-21(24-5)25-12-11-16-9-8-10-17(14-16)20(27)23-4;/h8-10,14,18-19H,6-7,11-13,15H2,1-5H3,(H,23,27)(H2,24,25,26);1H. The van der Waals surface area contributed by atoms with E-state index in [1.807, 2.05) is 24.3 Å². The average Bonchev–Trinajstić information content (AvgIpc) is 2.70. The van der Waals surface area contributed by atoms with Crippen molar-refractivity contribution in [2.75, 3.05) is 27.2 Å². The lowest BCUT2D eigenvalue weighted by Crippen LogP contribution is -2.63. The molecule has 1 aromatic rings. The number of hydrogen-bond donors (Lipinski definition) is 3. The fourth-order valence-electron chi connectivity index (χ4n) is 3.48. The number of benzene rings is 1. The minimum atomic E-state index is -0.0600. The molecule has 1 aromatic carbocycles. The quantitative estimate of drug-likeness (QED) is 0.204. The predicted molar refractivity (Wildman–Crippen MR) is 130 cm³/mol. The van der Waals surface area contributed by atoms with Gasteiger partial charge in [0.1, 0.15) is 0 Å². The molecule has 2 unspecified atom stereocenters. The Kier molecular flexibility index (Phi) is 11.0. The summed E-state index contributed by atoms with van der Waals surface area (Å²) in [7, 11) is 3.44. The molecule has 0 bridgehead atoms. The number of ether oxygens (including phenoxy) is 1. The zero-order valence-corrected chi connectivity index (χ0v) is 20.7. The molecule has 29 heavy (non-hydrogen) atoms. The van der Waals surface area contributed by atoms with E-state index in [-0.39, 0.29) is 35.3 Å². The molecule has 0 spiro atoms. The number of unbranched alkanes of at least 4 members (excludes halogenated alkanes) is 1. The molecule has 1 fully saturated rings. The zero-order chi connectivity index (χ0) is 20.6. The predicted octanol–water partition coefficient (Wildman–Crippen LogP) is 3.36. The van der Waals surface area contributed by atoms with Crippen molar-refractivity contribution >= 4 is 35.8 Å². The minimum absolute atomic E-state index is 0. The van der Waals surface area contributed by atoms with Gasteiger partial charge in [-0.25, -0.2) is 0 Å². The van der Waals surface area contributed by atoms with E-state index in [1.54, 1.807) is 14.1 Å². The molecule has 1 aliphatic carbocycles. The van der Waals surface area contributed by atoms with Gasteiger partial charge in [0.25, 0.3) is 5.91 Å². The van der Waals surface area contributed by atoms with Crippen molar-refractivity contribution in [2.24, 2.45) is 10.4 Å². The van der Waals surface area contributed by atoms with E-state index in [9.17, 15) is 4.79 Å². The highest BCUT2D eigenvalue weighted by Crippen LogP contribution is 2.42. The molecule has 2 atom stereocenters.